The molecule has 1 amide bonds. The zero-order valence-corrected chi connectivity index (χ0v) is 23.5. The number of hydrogen-bond acceptors (Lipinski definition) is 2. The molecule has 200 valence electrons. The van der Waals surface area contributed by atoms with Gasteiger partial charge in [-0.1, -0.05) is 37.0 Å². The molecule has 8 heteroatoms. The Balaban J connectivity index is 0.00000186. The summed E-state index contributed by atoms with van der Waals surface area (Å²) in [7, 11) is 0. The molecule has 4 nitrogen and oxygen atoms in total. The molecule has 4 rings (SSSR count). The summed E-state index contributed by atoms with van der Waals surface area (Å²) in [5.74, 6) is -2.78. The van der Waals surface area contributed by atoms with Gasteiger partial charge in [0.25, 0.3) is 11.8 Å². The second-order valence-electron chi connectivity index (χ2n) is 9.54. The van der Waals surface area contributed by atoms with Gasteiger partial charge in [-0.2, -0.15) is 0 Å². The van der Waals surface area contributed by atoms with Crippen molar-refractivity contribution in [3.05, 3.63) is 68.3 Å². The number of rotatable bonds is 6. The standard InChI is InChI=1S/C27H28Cl2F2N2O2.C2H6/c1-16-12-19(27(3,30)31)13-21-17(2)14-33(25(16)21)15-22-23(28)5-4-20(24(22)29)26(35)32-9-6-18(7-10-32)8-11-34;1-2/h4-5,11-14,18H,6-10,15H2,1-3H3;1-2H3. The normalized spacial score (nSPS) is 14.5. The fourth-order valence-corrected chi connectivity index (χ4v) is 5.53. The molecule has 1 aliphatic heterocycles. The lowest BCUT2D eigenvalue weighted by Gasteiger charge is -2.31. The van der Waals surface area contributed by atoms with E-state index >= 15 is 0 Å². The molecule has 0 spiro atoms. The highest BCUT2D eigenvalue weighted by atomic mass is 35.5. The van der Waals surface area contributed by atoms with Gasteiger partial charge in [-0.25, -0.2) is 8.78 Å². The number of carbonyl (C=O) groups excluding carboxylic acids is 2. The average molecular weight is 552 g/mol. The average Bonchev–Trinajstić information content (AvgIpc) is 3.18. The number of aldehydes is 1. The third-order valence-corrected chi connectivity index (χ3v) is 7.73. The zero-order chi connectivity index (χ0) is 27.5. The molecule has 0 unspecified atom stereocenters. The minimum absolute atomic E-state index is 0.0241. The number of benzene rings is 2. The van der Waals surface area contributed by atoms with Gasteiger partial charge < -0.3 is 14.3 Å². The molecule has 0 N–H and O–H groups in total. The number of halogens is 4. The Labute approximate surface area is 227 Å². The van der Waals surface area contributed by atoms with E-state index in [2.05, 4.69) is 0 Å². The number of carbonyl (C=O) groups is 2. The number of nitrogens with zero attached hydrogens (tertiary/aromatic N) is 2. The molecule has 1 aliphatic rings. The maximum atomic E-state index is 14.0. The summed E-state index contributed by atoms with van der Waals surface area (Å²) >= 11 is 13.3. The molecule has 1 aromatic heterocycles. The van der Waals surface area contributed by atoms with Crippen LogP contribution in [0.25, 0.3) is 10.9 Å². The van der Waals surface area contributed by atoms with Gasteiger partial charge in [0.15, 0.2) is 0 Å². The lowest BCUT2D eigenvalue weighted by Crippen LogP contribution is -2.38. The van der Waals surface area contributed by atoms with Crippen molar-refractivity contribution in [3.8, 4) is 0 Å². The summed E-state index contributed by atoms with van der Waals surface area (Å²) in [5.41, 5.74) is 3.39. The Morgan fingerprint density at radius 3 is 2.35 bits per heavy atom. The van der Waals surface area contributed by atoms with Gasteiger partial charge in [0.1, 0.15) is 6.29 Å². The molecular weight excluding hydrogens is 517 g/mol. The van der Waals surface area contributed by atoms with Crippen molar-refractivity contribution in [1.29, 1.82) is 0 Å². The second-order valence-corrected chi connectivity index (χ2v) is 10.3. The lowest BCUT2D eigenvalue weighted by atomic mass is 9.94. The van der Waals surface area contributed by atoms with E-state index in [4.69, 9.17) is 23.2 Å². The number of alkyl halides is 2. The Hall–Kier alpha value is -2.44. The molecule has 37 heavy (non-hydrogen) atoms. The fraction of sp³-hybridized carbons (Fsp3) is 0.448. The maximum absolute atomic E-state index is 14.0. The maximum Gasteiger partial charge on any atom is 0.270 e. The highest BCUT2D eigenvalue weighted by Crippen LogP contribution is 2.36. The number of amides is 1. The smallest absolute Gasteiger partial charge is 0.270 e. The number of aryl methyl sites for hydroxylation is 2. The topological polar surface area (TPSA) is 42.3 Å². The van der Waals surface area contributed by atoms with Gasteiger partial charge in [-0.15, -0.1) is 0 Å². The predicted octanol–water partition coefficient (Wildman–Crippen LogP) is 8.19. The van der Waals surface area contributed by atoms with Crippen LogP contribution in [0.5, 0.6) is 0 Å². The van der Waals surface area contributed by atoms with Crippen LogP contribution in [0, 0.1) is 19.8 Å². The Morgan fingerprint density at radius 1 is 1.11 bits per heavy atom. The largest absolute Gasteiger partial charge is 0.342 e. The number of piperidine rings is 1. The summed E-state index contributed by atoms with van der Waals surface area (Å²) in [6.45, 7) is 10.0. The van der Waals surface area contributed by atoms with Crippen LogP contribution in [-0.4, -0.2) is 34.7 Å². The summed E-state index contributed by atoms with van der Waals surface area (Å²) in [4.78, 5) is 25.8. The molecule has 2 aromatic carbocycles. The quantitative estimate of drug-likeness (QED) is 0.290. The molecule has 0 aliphatic carbocycles. The van der Waals surface area contributed by atoms with Crippen molar-refractivity contribution in [2.24, 2.45) is 5.92 Å². The third kappa shape index (κ3) is 6.18. The van der Waals surface area contributed by atoms with Gasteiger partial charge in [0.2, 0.25) is 0 Å². The van der Waals surface area contributed by atoms with Crippen LogP contribution in [0.4, 0.5) is 8.78 Å². The van der Waals surface area contributed by atoms with Crippen LogP contribution in [0.1, 0.15) is 72.6 Å². The minimum atomic E-state index is -2.93. The van der Waals surface area contributed by atoms with Crippen molar-refractivity contribution in [2.75, 3.05) is 13.1 Å². The highest BCUT2D eigenvalue weighted by molar-refractivity contribution is 6.38. The van der Waals surface area contributed by atoms with Gasteiger partial charge in [-0.05, 0) is 68.0 Å². The monoisotopic (exact) mass is 550 g/mol. The summed E-state index contributed by atoms with van der Waals surface area (Å²) in [5, 5.41) is 1.48. The van der Waals surface area contributed by atoms with Gasteiger partial charge in [0, 0.05) is 54.2 Å². The minimum Gasteiger partial charge on any atom is -0.342 e. The molecule has 1 saturated heterocycles. The van der Waals surface area contributed by atoms with E-state index in [9.17, 15) is 18.4 Å². The Bertz CT molecular complexity index is 1290. The number of aromatic nitrogens is 1. The van der Waals surface area contributed by atoms with E-state index in [0.717, 1.165) is 48.1 Å². The van der Waals surface area contributed by atoms with Crippen LogP contribution < -0.4 is 0 Å². The summed E-state index contributed by atoms with van der Waals surface area (Å²) < 4.78 is 29.9. The molecule has 0 saturated carbocycles. The lowest BCUT2D eigenvalue weighted by molar-refractivity contribution is -0.108. The Morgan fingerprint density at radius 2 is 1.76 bits per heavy atom. The van der Waals surface area contributed by atoms with Crippen LogP contribution in [0.2, 0.25) is 10.0 Å². The number of fused-ring (bicyclic) bond motifs is 1. The molecule has 3 aromatic rings. The fourth-order valence-electron chi connectivity index (χ4n) is 4.96. The molecule has 2 heterocycles. The van der Waals surface area contributed by atoms with Gasteiger partial charge in [-0.3, -0.25) is 4.79 Å². The number of hydrogen-bond donors (Lipinski definition) is 0. The van der Waals surface area contributed by atoms with Crippen molar-refractivity contribution in [3.63, 3.8) is 0 Å². The number of likely N-dealkylation sites (tertiary alicyclic amines) is 1. The van der Waals surface area contributed by atoms with E-state index in [1.54, 1.807) is 17.0 Å². The van der Waals surface area contributed by atoms with Gasteiger partial charge in [0.05, 0.1) is 22.6 Å². The first-order chi connectivity index (χ1) is 17.5. The van der Waals surface area contributed by atoms with Crippen molar-refractivity contribution in [2.45, 2.75) is 66.3 Å². The predicted molar refractivity (Wildman–Crippen MR) is 147 cm³/mol. The molecular formula is C29H34Cl2F2N2O2. The van der Waals surface area contributed by atoms with Crippen LogP contribution in [-0.2, 0) is 17.3 Å². The van der Waals surface area contributed by atoms with Crippen LogP contribution >= 0.6 is 23.2 Å². The molecule has 0 bridgehead atoms. The molecule has 0 radical (unpaired) electrons. The zero-order valence-electron chi connectivity index (χ0n) is 22.0. The second kappa shape index (κ2) is 12.0. The van der Waals surface area contributed by atoms with Crippen molar-refractivity contribution in [1.82, 2.24) is 9.47 Å². The van der Waals surface area contributed by atoms with E-state index in [1.807, 2.05) is 38.5 Å². The van der Waals surface area contributed by atoms with Crippen molar-refractivity contribution >= 4 is 46.3 Å². The SMILES string of the molecule is CC.Cc1cn(Cc2c(Cl)ccc(C(=O)N3CCC(CC=O)CC3)c2Cl)c2c(C)cc(C(C)(F)F)cc12. The van der Waals surface area contributed by atoms with Crippen LogP contribution in [0.15, 0.2) is 30.5 Å². The first kappa shape index (κ1) is 29.1. The highest BCUT2D eigenvalue weighted by Gasteiger charge is 2.28. The van der Waals surface area contributed by atoms with E-state index in [1.165, 1.54) is 12.1 Å². The summed E-state index contributed by atoms with van der Waals surface area (Å²) in [6, 6.07) is 6.37. The first-order valence-corrected chi connectivity index (χ1v) is 13.4. The first-order valence-electron chi connectivity index (χ1n) is 12.7. The van der Waals surface area contributed by atoms with Gasteiger partial charge >= 0.3 is 0 Å². The van der Waals surface area contributed by atoms with Crippen molar-refractivity contribution < 1.29 is 18.4 Å². The summed E-state index contributed by atoms with van der Waals surface area (Å²) in [6.07, 6.45) is 4.93. The van der Waals surface area contributed by atoms with Crippen LogP contribution in [0.3, 0.4) is 0 Å². The Kier molecular flexibility index (Phi) is 9.41. The van der Waals surface area contributed by atoms with E-state index in [-0.39, 0.29) is 11.5 Å². The molecule has 0 atom stereocenters. The van der Waals surface area contributed by atoms with E-state index in [0.29, 0.717) is 53.1 Å². The molecule has 1 fully saturated rings. The third-order valence-electron chi connectivity index (χ3n) is 6.95. The van der Waals surface area contributed by atoms with E-state index < -0.39 is 5.92 Å².